The van der Waals surface area contributed by atoms with Gasteiger partial charge in [-0.15, -0.1) is 0 Å². The Morgan fingerprint density at radius 1 is 0.923 bits per heavy atom. The summed E-state index contributed by atoms with van der Waals surface area (Å²) in [5, 5.41) is 2.78. The molecule has 0 atom stereocenters. The lowest BCUT2D eigenvalue weighted by molar-refractivity contribution is -0.127. The molecular weight excluding hydrogens is 328 g/mol. The van der Waals surface area contributed by atoms with Crippen LogP contribution in [0.3, 0.4) is 0 Å². The summed E-state index contributed by atoms with van der Waals surface area (Å²) >= 11 is 0. The van der Waals surface area contributed by atoms with E-state index in [-0.39, 0.29) is 17.5 Å². The zero-order valence-corrected chi connectivity index (χ0v) is 14.8. The number of rotatable bonds is 4. The van der Waals surface area contributed by atoms with Gasteiger partial charge in [0.25, 0.3) is 11.8 Å². The first-order valence-electron chi connectivity index (χ1n) is 9.15. The van der Waals surface area contributed by atoms with Crippen molar-refractivity contribution in [3.05, 3.63) is 65.7 Å². The van der Waals surface area contributed by atoms with Gasteiger partial charge in [0, 0.05) is 24.7 Å². The van der Waals surface area contributed by atoms with Gasteiger partial charge >= 0.3 is 0 Å². The lowest BCUT2D eigenvalue weighted by atomic mass is 10.1. The summed E-state index contributed by atoms with van der Waals surface area (Å²) in [5.74, 6) is 0.0742. The molecule has 1 aliphatic rings. The van der Waals surface area contributed by atoms with Crippen LogP contribution in [-0.2, 0) is 4.79 Å². The summed E-state index contributed by atoms with van der Waals surface area (Å²) in [5.41, 5.74) is 0.757. The van der Waals surface area contributed by atoms with Crippen LogP contribution in [0.2, 0.25) is 0 Å². The van der Waals surface area contributed by atoms with Crippen molar-refractivity contribution in [3.63, 3.8) is 0 Å². The van der Waals surface area contributed by atoms with Crippen LogP contribution in [-0.4, -0.2) is 29.8 Å². The molecule has 0 aliphatic carbocycles. The molecule has 1 aromatic carbocycles. The molecule has 2 aromatic rings. The number of carbonyl (C=O) groups is 2. The lowest BCUT2D eigenvalue weighted by Crippen LogP contribution is -2.40. The average Bonchev–Trinajstić information content (AvgIpc) is 3.14. The van der Waals surface area contributed by atoms with Gasteiger partial charge in [-0.1, -0.05) is 37.5 Å². The molecule has 136 valence electrons. The van der Waals surface area contributed by atoms with Crippen LogP contribution in [0, 0.1) is 0 Å². The van der Waals surface area contributed by atoms with E-state index in [9.17, 15) is 9.59 Å². The number of hydrogen-bond acceptors (Lipinski definition) is 3. The molecule has 1 N–H and O–H groups in total. The average molecular weight is 352 g/mol. The van der Waals surface area contributed by atoms with Crippen molar-refractivity contribution in [1.29, 1.82) is 0 Å². The van der Waals surface area contributed by atoms with Crippen LogP contribution in [0.4, 0.5) is 0 Å². The van der Waals surface area contributed by atoms with E-state index in [0.29, 0.717) is 11.3 Å². The summed E-state index contributed by atoms with van der Waals surface area (Å²) in [6.45, 7) is 1.44. The van der Waals surface area contributed by atoms with Crippen molar-refractivity contribution in [1.82, 2.24) is 10.2 Å². The normalized spacial score (nSPS) is 15.8. The molecule has 2 amide bonds. The molecule has 2 heterocycles. The minimum atomic E-state index is -0.302. The summed E-state index contributed by atoms with van der Waals surface area (Å²) < 4.78 is 5.34. The van der Waals surface area contributed by atoms with Gasteiger partial charge in [0.15, 0.2) is 0 Å². The molecule has 3 rings (SSSR count). The van der Waals surface area contributed by atoms with Crippen molar-refractivity contribution in [2.75, 3.05) is 13.1 Å². The molecule has 1 aromatic heterocycles. The van der Waals surface area contributed by atoms with Crippen LogP contribution in [0.15, 0.2) is 58.8 Å². The number of carbonyl (C=O) groups excluding carboxylic acids is 2. The maximum absolute atomic E-state index is 13.1. The molecule has 1 saturated heterocycles. The van der Waals surface area contributed by atoms with Gasteiger partial charge < -0.3 is 14.6 Å². The SMILES string of the molecule is O=C(NC(=Cc1ccco1)C(=O)N1CCCCCCC1)c1ccccc1. The highest BCUT2D eigenvalue weighted by Crippen LogP contribution is 2.15. The molecule has 0 saturated carbocycles. The van der Waals surface area contributed by atoms with E-state index in [4.69, 9.17) is 4.42 Å². The number of amides is 2. The standard InChI is InChI=1S/C21H24N2O3/c24-20(17-10-5-4-6-11-17)22-19(16-18-12-9-15-26-18)21(25)23-13-7-2-1-3-8-14-23/h4-6,9-12,15-16H,1-3,7-8,13-14H2,(H,22,24). The number of nitrogens with one attached hydrogen (secondary N) is 1. The number of nitrogens with zero attached hydrogens (tertiary/aromatic N) is 1. The van der Waals surface area contributed by atoms with Crippen molar-refractivity contribution < 1.29 is 14.0 Å². The molecule has 0 bridgehead atoms. The molecule has 26 heavy (non-hydrogen) atoms. The van der Waals surface area contributed by atoms with E-state index in [1.165, 1.54) is 6.42 Å². The van der Waals surface area contributed by atoms with Crippen LogP contribution < -0.4 is 5.32 Å². The first-order chi connectivity index (χ1) is 12.7. The van der Waals surface area contributed by atoms with E-state index in [2.05, 4.69) is 5.32 Å². The Kier molecular flexibility index (Phi) is 6.25. The highest BCUT2D eigenvalue weighted by atomic mass is 16.3. The summed E-state index contributed by atoms with van der Waals surface area (Å²) in [6, 6.07) is 12.4. The summed E-state index contributed by atoms with van der Waals surface area (Å²) in [6.07, 6.45) is 8.63. The highest BCUT2D eigenvalue weighted by Gasteiger charge is 2.21. The van der Waals surface area contributed by atoms with E-state index >= 15 is 0 Å². The summed E-state index contributed by atoms with van der Waals surface area (Å²) in [4.78, 5) is 27.4. The fourth-order valence-corrected chi connectivity index (χ4v) is 3.07. The third-order valence-electron chi connectivity index (χ3n) is 4.49. The third-order valence-corrected chi connectivity index (χ3v) is 4.49. The van der Waals surface area contributed by atoms with Gasteiger partial charge in [-0.05, 0) is 37.1 Å². The molecule has 0 spiro atoms. The largest absolute Gasteiger partial charge is 0.465 e. The fourth-order valence-electron chi connectivity index (χ4n) is 3.07. The van der Waals surface area contributed by atoms with E-state index in [0.717, 1.165) is 38.8 Å². The second kappa shape index (κ2) is 9.04. The van der Waals surface area contributed by atoms with Crippen molar-refractivity contribution in [2.24, 2.45) is 0 Å². The molecular formula is C21H24N2O3. The Morgan fingerprint density at radius 2 is 1.62 bits per heavy atom. The Labute approximate surface area is 153 Å². The van der Waals surface area contributed by atoms with Gasteiger partial charge in [0.1, 0.15) is 11.5 Å². The van der Waals surface area contributed by atoms with E-state index in [1.54, 1.807) is 48.7 Å². The molecule has 1 fully saturated rings. The second-order valence-corrected chi connectivity index (χ2v) is 6.45. The zero-order chi connectivity index (χ0) is 18.2. The number of benzene rings is 1. The highest BCUT2D eigenvalue weighted by molar-refractivity contribution is 6.05. The lowest BCUT2D eigenvalue weighted by Gasteiger charge is -2.26. The fraction of sp³-hybridized carbons (Fsp3) is 0.333. The number of likely N-dealkylation sites (tertiary alicyclic amines) is 1. The first-order valence-corrected chi connectivity index (χ1v) is 9.15. The Morgan fingerprint density at radius 3 is 2.27 bits per heavy atom. The van der Waals surface area contributed by atoms with Gasteiger partial charge in [-0.25, -0.2) is 0 Å². The quantitative estimate of drug-likeness (QED) is 0.850. The predicted octanol–water partition coefficient (Wildman–Crippen LogP) is 3.84. The van der Waals surface area contributed by atoms with Crippen LogP contribution in [0.1, 0.15) is 48.2 Å². The van der Waals surface area contributed by atoms with Gasteiger partial charge in [-0.3, -0.25) is 9.59 Å². The van der Waals surface area contributed by atoms with Crippen LogP contribution in [0.5, 0.6) is 0 Å². The van der Waals surface area contributed by atoms with Crippen molar-refractivity contribution >= 4 is 17.9 Å². The topological polar surface area (TPSA) is 62.6 Å². The van der Waals surface area contributed by atoms with E-state index in [1.807, 2.05) is 11.0 Å². The Balaban J connectivity index is 1.81. The minimum absolute atomic E-state index is 0.160. The molecule has 5 heteroatoms. The van der Waals surface area contributed by atoms with Crippen molar-refractivity contribution in [2.45, 2.75) is 32.1 Å². The minimum Gasteiger partial charge on any atom is -0.465 e. The smallest absolute Gasteiger partial charge is 0.270 e. The first kappa shape index (κ1) is 18.0. The summed E-state index contributed by atoms with van der Waals surface area (Å²) in [7, 11) is 0. The maximum Gasteiger partial charge on any atom is 0.270 e. The van der Waals surface area contributed by atoms with E-state index < -0.39 is 0 Å². The molecule has 0 radical (unpaired) electrons. The van der Waals surface area contributed by atoms with Crippen molar-refractivity contribution in [3.8, 4) is 0 Å². The van der Waals surface area contributed by atoms with Gasteiger partial charge in [0.05, 0.1) is 6.26 Å². The molecule has 1 aliphatic heterocycles. The second-order valence-electron chi connectivity index (χ2n) is 6.45. The van der Waals surface area contributed by atoms with Gasteiger partial charge in [0.2, 0.25) is 0 Å². The maximum atomic E-state index is 13.1. The monoisotopic (exact) mass is 352 g/mol. The Hall–Kier alpha value is -2.82. The third kappa shape index (κ3) is 4.85. The number of furan rings is 1. The predicted molar refractivity (Wildman–Crippen MR) is 100 cm³/mol. The molecule has 0 unspecified atom stereocenters. The Bertz CT molecular complexity index is 743. The van der Waals surface area contributed by atoms with Gasteiger partial charge in [-0.2, -0.15) is 0 Å². The number of hydrogen-bond donors (Lipinski definition) is 1. The zero-order valence-electron chi connectivity index (χ0n) is 14.8. The van der Waals surface area contributed by atoms with Crippen LogP contribution >= 0.6 is 0 Å². The van der Waals surface area contributed by atoms with Crippen LogP contribution in [0.25, 0.3) is 6.08 Å². The molecule has 5 nitrogen and oxygen atoms in total.